The summed E-state index contributed by atoms with van der Waals surface area (Å²) < 4.78 is 12.2. The molecular weight excluding hydrogens is 500 g/mol. The van der Waals surface area contributed by atoms with Crippen molar-refractivity contribution >= 4 is 44.1 Å². The van der Waals surface area contributed by atoms with Crippen molar-refractivity contribution in [1.29, 1.82) is 0 Å². The van der Waals surface area contributed by atoms with Crippen molar-refractivity contribution in [2.45, 2.75) is 39.3 Å². The molecule has 0 aliphatic carbocycles. The summed E-state index contributed by atoms with van der Waals surface area (Å²) in [5.74, 6) is -0.196. The third-order valence-electron chi connectivity index (χ3n) is 6.87. The fourth-order valence-electron chi connectivity index (χ4n) is 5.07. The maximum absolute atomic E-state index is 13.5. The van der Waals surface area contributed by atoms with Gasteiger partial charge < -0.3 is 14.6 Å². The number of amides is 1. The van der Waals surface area contributed by atoms with Gasteiger partial charge in [0.2, 0.25) is 0 Å². The van der Waals surface area contributed by atoms with Gasteiger partial charge in [-0.3, -0.25) is 14.5 Å². The number of ether oxygens (including phenoxy) is 2. The molecule has 2 aliphatic heterocycles. The molecule has 1 N–H and O–H groups in total. The van der Waals surface area contributed by atoms with Crippen LogP contribution in [0.3, 0.4) is 0 Å². The van der Waals surface area contributed by atoms with Gasteiger partial charge in [0.05, 0.1) is 28.4 Å². The third-order valence-corrected chi connectivity index (χ3v) is 7.89. The van der Waals surface area contributed by atoms with Gasteiger partial charge in [0.15, 0.2) is 5.13 Å². The molecule has 0 radical (unpaired) electrons. The number of Topliss-reactive ketones (excluding diaryl/α,β-unsaturated/α-hetero) is 1. The predicted octanol–water partition coefficient (Wildman–Crippen LogP) is 5.95. The fraction of sp³-hybridized carbons (Fsp3) is 0.233. The number of hydrogen-bond donors (Lipinski definition) is 1. The monoisotopic (exact) mass is 526 g/mol. The van der Waals surface area contributed by atoms with E-state index >= 15 is 0 Å². The molecule has 0 bridgehead atoms. The minimum atomic E-state index is -0.828. The highest BCUT2D eigenvalue weighted by atomic mass is 32.1. The van der Waals surface area contributed by atoms with E-state index in [1.807, 2.05) is 69.3 Å². The SMILES string of the molecule is CCOc1ccc2nc(N3C(=O)C(=O)/C(=C(/O)c4ccc5c(c4)CC(C)O5)C3c3ccc(C)cc3)sc2c1. The predicted molar refractivity (Wildman–Crippen MR) is 147 cm³/mol. The molecule has 192 valence electrons. The van der Waals surface area contributed by atoms with Gasteiger partial charge in [-0.15, -0.1) is 0 Å². The van der Waals surface area contributed by atoms with Gasteiger partial charge in [-0.2, -0.15) is 0 Å². The molecule has 1 aromatic heterocycles. The second-order valence-electron chi connectivity index (χ2n) is 9.59. The Balaban J connectivity index is 1.50. The highest BCUT2D eigenvalue weighted by molar-refractivity contribution is 7.22. The minimum Gasteiger partial charge on any atom is -0.507 e. The van der Waals surface area contributed by atoms with E-state index < -0.39 is 17.7 Å². The van der Waals surface area contributed by atoms with Crippen molar-refractivity contribution in [3.05, 3.63) is 88.5 Å². The number of thiazole rings is 1. The standard InChI is InChI=1S/C30H26N2O5S/c1-4-36-21-10-11-22-24(15-21)38-30(31-22)32-26(18-7-5-16(2)6-8-18)25(28(34)29(32)35)27(33)19-9-12-23-20(14-19)13-17(3)37-23/h5-12,14-15,17,26,33H,4,13H2,1-3H3/b27-25+. The van der Waals surface area contributed by atoms with Gasteiger partial charge >= 0.3 is 5.91 Å². The molecule has 2 atom stereocenters. The Bertz CT molecular complexity index is 1620. The number of aliphatic hydroxyl groups excluding tert-OH is 1. The van der Waals surface area contributed by atoms with E-state index in [2.05, 4.69) is 0 Å². The summed E-state index contributed by atoms with van der Waals surface area (Å²) >= 11 is 1.31. The van der Waals surface area contributed by atoms with Crippen molar-refractivity contribution in [1.82, 2.24) is 4.98 Å². The largest absolute Gasteiger partial charge is 0.507 e. The maximum Gasteiger partial charge on any atom is 0.301 e. The molecule has 1 amide bonds. The van der Waals surface area contributed by atoms with E-state index in [-0.39, 0.29) is 17.4 Å². The van der Waals surface area contributed by atoms with Gasteiger partial charge in [0.1, 0.15) is 23.4 Å². The van der Waals surface area contributed by atoms with E-state index in [4.69, 9.17) is 14.5 Å². The fourth-order valence-corrected chi connectivity index (χ4v) is 6.09. The van der Waals surface area contributed by atoms with E-state index in [0.717, 1.165) is 21.6 Å². The van der Waals surface area contributed by atoms with Gasteiger partial charge in [0.25, 0.3) is 5.78 Å². The molecule has 0 spiro atoms. The first-order valence-corrected chi connectivity index (χ1v) is 13.4. The Morgan fingerprint density at radius 1 is 1.13 bits per heavy atom. The van der Waals surface area contributed by atoms with Crippen LogP contribution in [-0.4, -0.2) is 34.5 Å². The second kappa shape index (κ2) is 9.29. The quantitative estimate of drug-likeness (QED) is 0.196. The van der Waals surface area contributed by atoms with Crippen LogP contribution >= 0.6 is 11.3 Å². The number of anilines is 1. The van der Waals surface area contributed by atoms with Gasteiger partial charge in [-0.1, -0.05) is 41.2 Å². The molecule has 6 rings (SSSR count). The molecule has 2 aliphatic rings. The molecule has 3 heterocycles. The number of rotatable bonds is 5. The van der Waals surface area contributed by atoms with Crippen LogP contribution in [0.4, 0.5) is 5.13 Å². The van der Waals surface area contributed by atoms with Crippen molar-refractivity contribution in [2.24, 2.45) is 0 Å². The van der Waals surface area contributed by atoms with Crippen LogP contribution < -0.4 is 14.4 Å². The lowest BCUT2D eigenvalue weighted by atomic mass is 9.94. The van der Waals surface area contributed by atoms with E-state index in [1.165, 1.54) is 16.2 Å². The lowest BCUT2D eigenvalue weighted by Gasteiger charge is -2.23. The summed E-state index contributed by atoms with van der Waals surface area (Å²) in [6, 6.07) is 17.7. The van der Waals surface area contributed by atoms with E-state index in [9.17, 15) is 14.7 Å². The minimum absolute atomic E-state index is 0.0417. The summed E-state index contributed by atoms with van der Waals surface area (Å²) in [5.41, 5.74) is 3.93. The number of hydrogen-bond acceptors (Lipinski definition) is 7. The summed E-state index contributed by atoms with van der Waals surface area (Å²) in [5, 5.41) is 11.9. The normalized spacial score (nSPS) is 20.1. The lowest BCUT2D eigenvalue weighted by Crippen LogP contribution is -2.29. The summed E-state index contributed by atoms with van der Waals surface area (Å²) in [6.45, 7) is 6.40. The Morgan fingerprint density at radius 3 is 2.68 bits per heavy atom. The summed E-state index contributed by atoms with van der Waals surface area (Å²) in [7, 11) is 0. The van der Waals surface area contributed by atoms with Crippen molar-refractivity contribution in [2.75, 3.05) is 11.5 Å². The van der Waals surface area contributed by atoms with Crippen LogP contribution in [0.1, 0.15) is 42.1 Å². The number of fused-ring (bicyclic) bond motifs is 2. The molecule has 4 aromatic rings. The van der Waals surface area contributed by atoms with Gasteiger partial charge in [0, 0.05) is 12.0 Å². The third kappa shape index (κ3) is 4.01. The number of nitrogens with zero attached hydrogens (tertiary/aromatic N) is 2. The molecule has 38 heavy (non-hydrogen) atoms. The Labute approximate surface area is 224 Å². The van der Waals surface area contributed by atoms with Crippen molar-refractivity contribution in [3.8, 4) is 11.5 Å². The number of carbonyl (C=O) groups excluding carboxylic acids is 2. The first kappa shape index (κ1) is 24.2. The smallest absolute Gasteiger partial charge is 0.301 e. The van der Waals surface area contributed by atoms with Gasteiger partial charge in [-0.25, -0.2) is 4.98 Å². The molecule has 3 aromatic carbocycles. The van der Waals surface area contributed by atoms with E-state index in [0.29, 0.717) is 40.6 Å². The first-order valence-electron chi connectivity index (χ1n) is 12.5. The molecule has 0 saturated carbocycles. The average molecular weight is 527 g/mol. The first-order chi connectivity index (χ1) is 18.3. The molecule has 1 saturated heterocycles. The molecule has 7 nitrogen and oxygen atoms in total. The van der Waals surface area contributed by atoms with Crippen LogP contribution in [0.15, 0.2) is 66.2 Å². The molecule has 1 fully saturated rings. The Hall–Kier alpha value is -4.17. The zero-order valence-corrected chi connectivity index (χ0v) is 22.0. The lowest BCUT2D eigenvalue weighted by molar-refractivity contribution is -0.132. The number of carbonyl (C=O) groups is 2. The highest BCUT2D eigenvalue weighted by Gasteiger charge is 2.48. The number of ketones is 1. The Morgan fingerprint density at radius 2 is 1.92 bits per heavy atom. The summed E-state index contributed by atoms with van der Waals surface area (Å²) in [6.07, 6.45) is 0.754. The topological polar surface area (TPSA) is 89.0 Å². The zero-order valence-electron chi connectivity index (χ0n) is 21.2. The van der Waals surface area contributed by atoms with Crippen LogP contribution in [0.5, 0.6) is 11.5 Å². The zero-order chi connectivity index (χ0) is 26.6. The van der Waals surface area contributed by atoms with Crippen LogP contribution in [0, 0.1) is 6.92 Å². The summed E-state index contributed by atoms with van der Waals surface area (Å²) in [4.78, 5) is 33.1. The van der Waals surface area contributed by atoms with Gasteiger partial charge in [-0.05, 0) is 68.3 Å². The average Bonchev–Trinajstić information content (AvgIpc) is 3.56. The number of aliphatic hydroxyl groups is 1. The number of aromatic nitrogens is 1. The number of aryl methyl sites for hydroxylation is 1. The molecular formula is C30H26N2O5S. The maximum atomic E-state index is 13.5. The van der Waals surface area contributed by atoms with Crippen molar-refractivity contribution < 1.29 is 24.2 Å². The Kier molecular flexibility index (Phi) is 5.91. The molecule has 2 unspecified atom stereocenters. The van der Waals surface area contributed by atoms with Crippen LogP contribution in [-0.2, 0) is 16.0 Å². The van der Waals surface area contributed by atoms with E-state index in [1.54, 1.807) is 12.1 Å². The van der Waals surface area contributed by atoms with Crippen LogP contribution in [0.2, 0.25) is 0 Å². The highest BCUT2D eigenvalue weighted by Crippen LogP contribution is 2.45. The number of benzene rings is 3. The molecule has 8 heteroatoms. The second-order valence-corrected chi connectivity index (χ2v) is 10.6. The van der Waals surface area contributed by atoms with Crippen molar-refractivity contribution in [3.63, 3.8) is 0 Å². The van der Waals surface area contributed by atoms with Crippen LogP contribution in [0.25, 0.3) is 16.0 Å².